The van der Waals surface area contributed by atoms with E-state index in [0.717, 1.165) is 28.2 Å². The van der Waals surface area contributed by atoms with Crippen LogP contribution in [-0.2, 0) is 6.42 Å². The Hall–Kier alpha value is -2.67. The monoisotopic (exact) mass is 399 g/mol. The third-order valence-electron chi connectivity index (χ3n) is 4.69. The zero-order valence-corrected chi connectivity index (χ0v) is 17.6. The maximum atomic E-state index is 12.8. The standard InChI is InChI=1S/C21H25N3O3S/c1-11-6-12(2)8-14(7-11)26-19(25)18-13(3)17-15(23-24-20(22)28)9-21(4,5)10-16(17)27-18/h6-8H,9-10H2,1-5H3,(H3,22,24,28)/b23-15-. The molecule has 6 nitrogen and oxygen atoms in total. The number of fused-ring (bicyclic) bond motifs is 1. The van der Waals surface area contributed by atoms with Crippen LogP contribution in [0.25, 0.3) is 0 Å². The van der Waals surface area contributed by atoms with Gasteiger partial charge in [0.05, 0.1) is 5.71 Å². The van der Waals surface area contributed by atoms with Crippen molar-refractivity contribution in [3.63, 3.8) is 0 Å². The fraction of sp³-hybridized carbons (Fsp3) is 0.381. The van der Waals surface area contributed by atoms with Gasteiger partial charge in [0.25, 0.3) is 0 Å². The highest BCUT2D eigenvalue weighted by Gasteiger charge is 2.36. The minimum Gasteiger partial charge on any atom is -0.453 e. The molecule has 0 saturated carbocycles. The second kappa shape index (κ2) is 7.39. The van der Waals surface area contributed by atoms with Gasteiger partial charge in [0.1, 0.15) is 11.5 Å². The highest BCUT2D eigenvalue weighted by atomic mass is 32.1. The Balaban J connectivity index is 1.97. The first-order chi connectivity index (χ1) is 13.1. The van der Waals surface area contributed by atoms with Gasteiger partial charge in [-0.05, 0) is 68.1 Å². The van der Waals surface area contributed by atoms with Crippen molar-refractivity contribution in [1.29, 1.82) is 0 Å². The summed E-state index contributed by atoms with van der Waals surface area (Å²) in [6.45, 7) is 10.0. The zero-order chi connectivity index (χ0) is 20.6. The summed E-state index contributed by atoms with van der Waals surface area (Å²) in [5.41, 5.74) is 12.5. The summed E-state index contributed by atoms with van der Waals surface area (Å²) in [4.78, 5) is 12.8. The first-order valence-electron chi connectivity index (χ1n) is 9.11. The molecule has 0 spiro atoms. The fourth-order valence-electron chi connectivity index (χ4n) is 3.67. The number of ether oxygens (including phenoxy) is 1. The van der Waals surface area contributed by atoms with Crippen LogP contribution in [-0.4, -0.2) is 16.8 Å². The Bertz CT molecular complexity index is 969. The smallest absolute Gasteiger partial charge is 0.379 e. The average Bonchev–Trinajstić information content (AvgIpc) is 2.87. The normalized spacial score (nSPS) is 16.5. The number of hydrogen-bond acceptors (Lipinski definition) is 5. The van der Waals surface area contributed by atoms with Gasteiger partial charge in [0, 0.05) is 17.5 Å². The van der Waals surface area contributed by atoms with Crippen LogP contribution in [0.2, 0.25) is 0 Å². The minimum atomic E-state index is -0.517. The zero-order valence-electron chi connectivity index (χ0n) is 16.8. The van der Waals surface area contributed by atoms with Gasteiger partial charge in [-0.1, -0.05) is 19.9 Å². The highest BCUT2D eigenvalue weighted by molar-refractivity contribution is 7.80. The van der Waals surface area contributed by atoms with E-state index in [0.29, 0.717) is 24.2 Å². The summed E-state index contributed by atoms with van der Waals surface area (Å²) < 4.78 is 11.5. The van der Waals surface area contributed by atoms with E-state index in [2.05, 4.69) is 24.4 Å². The molecule has 1 aromatic heterocycles. The van der Waals surface area contributed by atoms with Gasteiger partial charge in [-0.25, -0.2) is 4.79 Å². The molecule has 0 bridgehead atoms. The average molecular weight is 400 g/mol. The van der Waals surface area contributed by atoms with E-state index < -0.39 is 5.97 Å². The van der Waals surface area contributed by atoms with Crippen LogP contribution in [0.5, 0.6) is 5.75 Å². The first-order valence-corrected chi connectivity index (χ1v) is 9.52. The van der Waals surface area contributed by atoms with E-state index in [4.69, 9.17) is 27.1 Å². The Morgan fingerprint density at radius 2 is 1.86 bits per heavy atom. The van der Waals surface area contributed by atoms with Gasteiger partial charge in [-0.15, -0.1) is 0 Å². The van der Waals surface area contributed by atoms with Crippen LogP contribution in [0, 0.1) is 26.2 Å². The lowest BCUT2D eigenvalue weighted by Gasteiger charge is -2.29. The van der Waals surface area contributed by atoms with Gasteiger partial charge < -0.3 is 14.9 Å². The molecular weight excluding hydrogens is 374 g/mol. The highest BCUT2D eigenvalue weighted by Crippen LogP contribution is 2.39. The molecule has 1 heterocycles. The number of hydrogen-bond donors (Lipinski definition) is 2. The number of benzene rings is 1. The van der Waals surface area contributed by atoms with Crippen molar-refractivity contribution in [2.45, 2.75) is 47.5 Å². The molecule has 0 amide bonds. The number of rotatable bonds is 3. The molecule has 0 unspecified atom stereocenters. The van der Waals surface area contributed by atoms with Crippen molar-refractivity contribution in [1.82, 2.24) is 5.43 Å². The molecule has 0 atom stereocenters. The molecule has 3 N–H and O–H groups in total. The van der Waals surface area contributed by atoms with Gasteiger partial charge >= 0.3 is 5.97 Å². The molecule has 0 saturated heterocycles. The van der Waals surface area contributed by atoms with E-state index in [1.807, 2.05) is 39.0 Å². The van der Waals surface area contributed by atoms with Crippen molar-refractivity contribution in [2.75, 3.05) is 0 Å². The lowest BCUT2D eigenvalue weighted by molar-refractivity contribution is 0.0697. The summed E-state index contributed by atoms with van der Waals surface area (Å²) in [6.07, 6.45) is 1.41. The first kappa shape index (κ1) is 20.1. The molecule has 7 heteroatoms. The van der Waals surface area contributed by atoms with Crippen LogP contribution in [0.3, 0.4) is 0 Å². The van der Waals surface area contributed by atoms with E-state index in [9.17, 15) is 4.79 Å². The maximum Gasteiger partial charge on any atom is 0.379 e. The number of furan rings is 1. The molecule has 1 aliphatic carbocycles. The van der Waals surface area contributed by atoms with Gasteiger partial charge in [0.2, 0.25) is 5.76 Å². The topological polar surface area (TPSA) is 89.8 Å². The number of nitrogens with two attached hydrogens (primary N) is 1. The second-order valence-electron chi connectivity index (χ2n) is 8.12. The number of thiocarbonyl (C=S) groups is 1. The largest absolute Gasteiger partial charge is 0.453 e. The lowest BCUT2D eigenvalue weighted by Crippen LogP contribution is -2.31. The number of nitrogens with one attached hydrogen (secondary N) is 1. The molecular formula is C21H25N3O3S. The van der Waals surface area contributed by atoms with Crippen LogP contribution in [0.15, 0.2) is 27.7 Å². The lowest BCUT2D eigenvalue weighted by atomic mass is 9.75. The third-order valence-corrected chi connectivity index (χ3v) is 4.78. The summed E-state index contributed by atoms with van der Waals surface area (Å²) in [5.74, 6) is 0.909. The summed E-state index contributed by atoms with van der Waals surface area (Å²) in [6, 6.07) is 5.67. The number of esters is 1. The molecule has 0 aliphatic heterocycles. The number of carbonyl (C=O) groups is 1. The van der Waals surface area contributed by atoms with Crippen LogP contribution < -0.4 is 15.9 Å². The molecule has 1 aliphatic rings. The van der Waals surface area contributed by atoms with Crippen LogP contribution >= 0.6 is 12.2 Å². The Kier molecular flexibility index (Phi) is 5.30. The van der Waals surface area contributed by atoms with Crippen molar-refractivity contribution in [3.05, 3.63) is 52.0 Å². The summed E-state index contributed by atoms with van der Waals surface area (Å²) >= 11 is 4.86. The van der Waals surface area contributed by atoms with Crippen LogP contribution in [0.1, 0.15) is 58.8 Å². The molecule has 28 heavy (non-hydrogen) atoms. The second-order valence-corrected chi connectivity index (χ2v) is 8.56. The molecule has 0 radical (unpaired) electrons. The fourth-order valence-corrected chi connectivity index (χ4v) is 3.72. The van der Waals surface area contributed by atoms with Crippen molar-refractivity contribution in [3.8, 4) is 5.75 Å². The van der Waals surface area contributed by atoms with Gasteiger partial charge in [-0.3, -0.25) is 5.43 Å². The summed E-state index contributed by atoms with van der Waals surface area (Å²) in [7, 11) is 0. The maximum absolute atomic E-state index is 12.8. The Morgan fingerprint density at radius 1 is 1.21 bits per heavy atom. The van der Waals surface area contributed by atoms with Gasteiger partial charge in [0.15, 0.2) is 5.11 Å². The van der Waals surface area contributed by atoms with E-state index >= 15 is 0 Å². The minimum absolute atomic E-state index is 0.0666. The molecule has 1 aromatic carbocycles. The van der Waals surface area contributed by atoms with E-state index in [1.165, 1.54) is 0 Å². The third kappa shape index (κ3) is 4.25. The number of nitrogens with zero attached hydrogens (tertiary/aromatic N) is 1. The van der Waals surface area contributed by atoms with Crippen molar-refractivity contribution < 1.29 is 13.9 Å². The Morgan fingerprint density at radius 3 is 2.46 bits per heavy atom. The number of aryl methyl sites for hydroxylation is 2. The molecule has 148 valence electrons. The Labute approximate surface area is 170 Å². The SMILES string of the molecule is Cc1cc(C)cc(OC(=O)c2oc3c(c2C)/C(=N\NC(N)=S)CC(C)(C)C3)c1. The van der Waals surface area contributed by atoms with E-state index in [-0.39, 0.29) is 16.3 Å². The van der Waals surface area contributed by atoms with Crippen molar-refractivity contribution in [2.24, 2.45) is 16.3 Å². The molecule has 3 rings (SSSR count). The summed E-state index contributed by atoms with van der Waals surface area (Å²) in [5, 5.41) is 4.44. The van der Waals surface area contributed by atoms with Crippen molar-refractivity contribution >= 4 is 29.0 Å². The van der Waals surface area contributed by atoms with Crippen LogP contribution in [0.4, 0.5) is 0 Å². The molecule has 2 aromatic rings. The van der Waals surface area contributed by atoms with Gasteiger partial charge in [-0.2, -0.15) is 5.10 Å². The number of carbonyl (C=O) groups excluding carboxylic acids is 1. The predicted molar refractivity (Wildman–Crippen MR) is 113 cm³/mol. The number of hydrazone groups is 1. The van der Waals surface area contributed by atoms with E-state index in [1.54, 1.807) is 0 Å². The molecule has 0 fully saturated rings. The predicted octanol–water partition coefficient (Wildman–Crippen LogP) is 3.93. The quantitative estimate of drug-likeness (QED) is 0.352.